The van der Waals surface area contributed by atoms with E-state index in [0.717, 1.165) is 36.1 Å². The highest BCUT2D eigenvalue weighted by Gasteiger charge is 2.30. The van der Waals surface area contributed by atoms with Gasteiger partial charge in [0.05, 0.1) is 5.56 Å². The van der Waals surface area contributed by atoms with Gasteiger partial charge in [0.2, 0.25) is 5.91 Å². The van der Waals surface area contributed by atoms with Gasteiger partial charge in [0, 0.05) is 18.7 Å². The number of carbonyl (C=O) groups is 1. The van der Waals surface area contributed by atoms with Crippen LogP contribution < -0.4 is 11.0 Å². The molecule has 2 aromatic rings. The Kier molecular flexibility index (Phi) is 4.65. The lowest BCUT2D eigenvalue weighted by molar-refractivity contribution is -0.137. The topological polar surface area (TPSA) is 68.9 Å². The molecule has 0 unspecified atom stereocenters. The molecule has 0 radical (unpaired) electrons. The number of nitrogens with zero attached hydrogens (tertiary/aromatic N) is 3. The smallest absolute Gasteiger partial charge is 0.324 e. The van der Waals surface area contributed by atoms with Crippen molar-refractivity contribution in [2.45, 2.75) is 44.9 Å². The van der Waals surface area contributed by atoms with Crippen LogP contribution in [0.25, 0.3) is 0 Å². The molecule has 0 fully saturated rings. The molecule has 25 heavy (non-hydrogen) atoms. The Morgan fingerprint density at radius 2 is 2.04 bits per heavy atom. The molecule has 0 aliphatic carbocycles. The van der Waals surface area contributed by atoms with Gasteiger partial charge in [-0.3, -0.25) is 9.36 Å². The lowest BCUT2D eigenvalue weighted by Gasteiger charge is -2.09. The molecule has 1 amide bonds. The summed E-state index contributed by atoms with van der Waals surface area (Å²) in [5, 5.41) is 6.55. The molecule has 0 bridgehead atoms. The second-order valence-electron chi connectivity index (χ2n) is 5.95. The predicted octanol–water partition coefficient (Wildman–Crippen LogP) is 2.43. The first-order valence-corrected chi connectivity index (χ1v) is 7.98. The van der Waals surface area contributed by atoms with E-state index in [1.807, 2.05) is 0 Å². The molecule has 1 aromatic carbocycles. The summed E-state index contributed by atoms with van der Waals surface area (Å²) in [6, 6.07) is 4.34. The van der Waals surface area contributed by atoms with Gasteiger partial charge in [-0.15, -0.1) is 0 Å². The summed E-state index contributed by atoms with van der Waals surface area (Å²) in [7, 11) is 0. The Balaban J connectivity index is 1.73. The quantitative estimate of drug-likeness (QED) is 0.920. The molecule has 1 aliphatic heterocycles. The molecule has 0 saturated heterocycles. The molecule has 1 N–H and O–H groups in total. The first-order chi connectivity index (χ1) is 11.8. The number of anilines is 1. The summed E-state index contributed by atoms with van der Waals surface area (Å²) < 4.78 is 40.7. The highest BCUT2D eigenvalue weighted by atomic mass is 19.4. The maximum absolute atomic E-state index is 12.7. The van der Waals surface area contributed by atoms with Crippen molar-refractivity contribution < 1.29 is 18.0 Å². The summed E-state index contributed by atoms with van der Waals surface area (Å²) in [5.41, 5.74) is -1.19. The van der Waals surface area contributed by atoms with Crippen LogP contribution in [0.5, 0.6) is 0 Å². The van der Waals surface area contributed by atoms with Gasteiger partial charge < -0.3 is 5.32 Å². The van der Waals surface area contributed by atoms with Crippen molar-refractivity contribution in [2.24, 2.45) is 0 Å². The Labute approximate surface area is 141 Å². The fourth-order valence-electron chi connectivity index (χ4n) is 2.84. The SMILES string of the molecule is O=C(Cn1nc2n(c1=O)CCCCC2)Nc1cccc(C(F)(F)F)c1. The van der Waals surface area contributed by atoms with E-state index in [0.29, 0.717) is 18.8 Å². The lowest BCUT2D eigenvalue weighted by Crippen LogP contribution is -2.30. The molecule has 1 aliphatic rings. The van der Waals surface area contributed by atoms with E-state index in [1.54, 1.807) is 4.57 Å². The number of fused-ring (bicyclic) bond motifs is 1. The zero-order chi connectivity index (χ0) is 18.0. The Morgan fingerprint density at radius 1 is 1.24 bits per heavy atom. The van der Waals surface area contributed by atoms with E-state index >= 15 is 0 Å². The number of nitrogens with one attached hydrogen (secondary N) is 1. The van der Waals surface area contributed by atoms with Crippen molar-refractivity contribution in [1.82, 2.24) is 14.3 Å². The van der Waals surface area contributed by atoms with Crippen LogP contribution in [0.4, 0.5) is 18.9 Å². The molecule has 6 nitrogen and oxygen atoms in total. The number of hydrogen-bond acceptors (Lipinski definition) is 3. The fraction of sp³-hybridized carbons (Fsp3) is 0.438. The fourth-order valence-corrected chi connectivity index (χ4v) is 2.84. The summed E-state index contributed by atoms with van der Waals surface area (Å²) >= 11 is 0. The molecule has 134 valence electrons. The zero-order valence-corrected chi connectivity index (χ0v) is 13.3. The Bertz CT molecular complexity index is 839. The summed E-state index contributed by atoms with van der Waals surface area (Å²) in [5.74, 6) is 0.0454. The second-order valence-corrected chi connectivity index (χ2v) is 5.95. The van der Waals surface area contributed by atoms with E-state index in [2.05, 4.69) is 10.4 Å². The normalized spacial score (nSPS) is 14.7. The number of rotatable bonds is 3. The molecule has 2 heterocycles. The molecule has 1 aromatic heterocycles. The van der Waals surface area contributed by atoms with Gasteiger partial charge in [-0.25, -0.2) is 9.48 Å². The number of aryl methyl sites for hydroxylation is 1. The van der Waals surface area contributed by atoms with Gasteiger partial charge in [0.15, 0.2) is 0 Å². The van der Waals surface area contributed by atoms with Crippen molar-refractivity contribution in [1.29, 1.82) is 0 Å². The van der Waals surface area contributed by atoms with E-state index in [1.165, 1.54) is 12.1 Å². The Hall–Kier alpha value is -2.58. The van der Waals surface area contributed by atoms with Gasteiger partial charge >= 0.3 is 11.9 Å². The van der Waals surface area contributed by atoms with E-state index in [-0.39, 0.29) is 17.9 Å². The monoisotopic (exact) mass is 354 g/mol. The molecule has 0 atom stereocenters. The first-order valence-electron chi connectivity index (χ1n) is 7.98. The van der Waals surface area contributed by atoms with E-state index < -0.39 is 17.6 Å². The van der Waals surface area contributed by atoms with Crippen molar-refractivity contribution >= 4 is 11.6 Å². The number of aromatic nitrogens is 3. The van der Waals surface area contributed by atoms with Crippen molar-refractivity contribution in [2.75, 3.05) is 5.32 Å². The molecule has 0 saturated carbocycles. The molecular formula is C16H17F3N4O2. The minimum atomic E-state index is -4.49. The van der Waals surface area contributed by atoms with Crippen LogP contribution in [-0.4, -0.2) is 20.3 Å². The Morgan fingerprint density at radius 3 is 2.80 bits per heavy atom. The minimum absolute atomic E-state index is 0.0219. The second kappa shape index (κ2) is 6.73. The summed E-state index contributed by atoms with van der Waals surface area (Å²) in [4.78, 5) is 24.3. The number of hydrogen-bond donors (Lipinski definition) is 1. The molecular weight excluding hydrogens is 337 g/mol. The van der Waals surface area contributed by atoms with Crippen LogP contribution in [-0.2, 0) is 30.5 Å². The van der Waals surface area contributed by atoms with Crippen molar-refractivity contribution in [3.8, 4) is 0 Å². The highest BCUT2D eigenvalue weighted by Crippen LogP contribution is 2.30. The number of benzene rings is 1. The number of halogens is 3. The van der Waals surface area contributed by atoms with Crippen molar-refractivity contribution in [3.63, 3.8) is 0 Å². The molecule has 3 rings (SSSR count). The average Bonchev–Trinajstić information content (AvgIpc) is 2.72. The maximum atomic E-state index is 12.7. The third-order valence-electron chi connectivity index (χ3n) is 4.05. The first kappa shape index (κ1) is 17.2. The zero-order valence-electron chi connectivity index (χ0n) is 13.3. The van der Waals surface area contributed by atoms with Crippen LogP contribution in [0.2, 0.25) is 0 Å². The van der Waals surface area contributed by atoms with Gasteiger partial charge in [-0.1, -0.05) is 12.5 Å². The lowest BCUT2D eigenvalue weighted by atomic mass is 10.2. The van der Waals surface area contributed by atoms with Crippen LogP contribution in [0.1, 0.15) is 30.7 Å². The van der Waals surface area contributed by atoms with Gasteiger partial charge in [0.1, 0.15) is 12.4 Å². The number of carbonyl (C=O) groups excluding carboxylic acids is 1. The van der Waals surface area contributed by atoms with Crippen LogP contribution >= 0.6 is 0 Å². The van der Waals surface area contributed by atoms with E-state index in [4.69, 9.17) is 0 Å². The third kappa shape index (κ3) is 3.92. The van der Waals surface area contributed by atoms with Crippen LogP contribution in [0, 0.1) is 0 Å². The molecule has 0 spiro atoms. The van der Waals surface area contributed by atoms with E-state index in [9.17, 15) is 22.8 Å². The highest BCUT2D eigenvalue weighted by molar-refractivity contribution is 5.90. The average molecular weight is 354 g/mol. The van der Waals surface area contributed by atoms with Gasteiger partial charge in [-0.2, -0.15) is 18.3 Å². The van der Waals surface area contributed by atoms with Crippen molar-refractivity contribution in [3.05, 3.63) is 46.1 Å². The maximum Gasteiger partial charge on any atom is 0.416 e. The number of amides is 1. The summed E-state index contributed by atoms with van der Waals surface area (Å²) in [6.45, 7) is 0.235. The van der Waals surface area contributed by atoms with Crippen LogP contribution in [0.3, 0.4) is 0 Å². The van der Waals surface area contributed by atoms with Crippen LogP contribution in [0.15, 0.2) is 29.1 Å². The minimum Gasteiger partial charge on any atom is -0.324 e. The number of alkyl halides is 3. The molecule has 9 heteroatoms. The predicted molar refractivity (Wildman–Crippen MR) is 84.1 cm³/mol. The van der Waals surface area contributed by atoms with Gasteiger partial charge in [-0.05, 0) is 31.0 Å². The van der Waals surface area contributed by atoms with Gasteiger partial charge in [0.25, 0.3) is 0 Å². The standard InChI is InChI=1S/C16H17F3N4O2/c17-16(18,19)11-5-4-6-12(9-11)20-14(24)10-23-15(25)22-8-3-1-2-7-13(22)21-23/h4-6,9H,1-3,7-8,10H2,(H,20,24). The summed E-state index contributed by atoms with van der Waals surface area (Å²) in [6.07, 6.45) is -0.961. The third-order valence-corrected chi connectivity index (χ3v) is 4.05. The largest absolute Gasteiger partial charge is 0.416 e.